The minimum atomic E-state index is -0.311. The average molecular weight is 302 g/mol. The standard InChI is InChI=1S/C16H15FN2O3/c17-12-3-1-11(2-4-12)15-10-19(7-8-22-15)16(21)13-5-6-18-9-14(13)20/h1-6,9,15,20H,7-8,10H2/t15-/m1/s1. The van der Waals surface area contributed by atoms with Gasteiger partial charge in [-0.2, -0.15) is 0 Å². The van der Waals surface area contributed by atoms with E-state index >= 15 is 0 Å². The van der Waals surface area contributed by atoms with Gasteiger partial charge in [0.25, 0.3) is 5.91 Å². The van der Waals surface area contributed by atoms with Gasteiger partial charge in [-0.15, -0.1) is 0 Å². The third kappa shape index (κ3) is 2.92. The zero-order valence-electron chi connectivity index (χ0n) is 11.8. The summed E-state index contributed by atoms with van der Waals surface area (Å²) in [6.07, 6.45) is 2.40. The summed E-state index contributed by atoms with van der Waals surface area (Å²) in [7, 11) is 0. The molecular formula is C16H15FN2O3. The molecule has 1 aliphatic rings. The van der Waals surface area contributed by atoms with Gasteiger partial charge in [0.1, 0.15) is 17.7 Å². The van der Waals surface area contributed by atoms with E-state index in [1.165, 1.54) is 30.6 Å². The fraction of sp³-hybridized carbons (Fsp3) is 0.250. The highest BCUT2D eigenvalue weighted by atomic mass is 19.1. The molecule has 5 nitrogen and oxygen atoms in total. The van der Waals surface area contributed by atoms with Crippen LogP contribution in [0.4, 0.5) is 4.39 Å². The molecule has 0 saturated carbocycles. The van der Waals surface area contributed by atoms with Crippen molar-refractivity contribution in [3.63, 3.8) is 0 Å². The third-order valence-electron chi connectivity index (χ3n) is 3.63. The van der Waals surface area contributed by atoms with Crippen molar-refractivity contribution in [3.8, 4) is 5.75 Å². The van der Waals surface area contributed by atoms with Crippen molar-refractivity contribution in [2.75, 3.05) is 19.7 Å². The fourth-order valence-electron chi connectivity index (χ4n) is 2.45. The number of carbonyl (C=O) groups is 1. The van der Waals surface area contributed by atoms with Crippen molar-refractivity contribution in [1.29, 1.82) is 0 Å². The summed E-state index contributed by atoms with van der Waals surface area (Å²) < 4.78 is 18.6. The minimum absolute atomic E-state index is 0.141. The van der Waals surface area contributed by atoms with Gasteiger partial charge < -0.3 is 14.7 Å². The summed E-state index contributed by atoms with van der Waals surface area (Å²) in [6.45, 7) is 1.18. The molecule has 0 radical (unpaired) electrons. The molecule has 1 N–H and O–H groups in total. The lowest BCUT2D eigenvalue weighted by molar-refractivity contribution is -0.0229. The number of halogens is 1. The zero-order chi connectivity index (χ0) is 15.5. The second-order valence-corrected chi connectivity index (χ2v) is 5.05. The van der Waals surface area contributed by atoms with Gasteiger partial charge in [0.15, 0.2) is 0 Å². The number of aromatic nitrogens is 1. The van der Waals surface area contributed by atoms with E-state index in [1.54, 1.807) is 17.0 Å². The summed E-state index contributed by atoms with van der Waals surface area (Å²) in [5.74, 6) is -0.721. The van der Waals surface area contributed by atoms with Crippen LogP contribution in [-0.4, -0.2) is 40.6 Å². The van der Waals surface area contributed by atoms with Crippen molar-refractivity contribution in [2.24, 2.45) is 0 Å². The summed E-state index contributed by atoms with van der Waals surface area (Å²) in [4.78, 5) is 17.9. The predicted molar refractivity (Wildman–Crippen MR) is 76.9 cm³/mol. The van der Waals surface area contributed by atoms with Crippen LogP contribution in [0.25, 0.3) is 0 Å². The van der Waals surface area contributed by atoms with E-state index in [4.69, 9.17) is 4.74 Å². The van der Waals surface area contributed by atoms with Crippen LogP contribution in [0.1, 0.15) is 22.0 Å². The van der Waals surface area contributed by atoms with Gasteiger partial charge in [-0.25, -0.2) is 4.39 Å². The Kier molecular flexibility index (Phi) is 4.02. The number of hydrogen-bond donors (Lipinski definition) is 1. The summed E-state index contributed by atoms with van der Waals surface area (Å²) in [5.41, 5.74) is 1.03. The summed E-state index contributed by atoms with van der Waals surface area (Å²) >= 11 is 0. The van der Waals surface area contributed by atoms with E-state index in [2.05, 4.69) is 4.98 Å². The number of hydrogen-bond acceptors (Lipinski definition) is 4. The lowest BCUT2D eigenvalue weighted by Gasteiger charge is -2.33. The summed E-state index contributed by atoms with van der Waals surface area (Å²) in [5, 5.41) is 9.74. The Labute approximate surface area is 127 Å². The van der Waals surface area contributed by atoms with Crippen molar-refractivity contribution < 1.29 is 19.0 Å². The summed E-state index contributed by atoms with van der Waals surface area (Å²) in [6, 6.07) is 7.53. The van der Waals surface area contributed by atoms with Gasteiger partial charge in [-0.3, -0.25) is 9.78 Å². The number of rotatable bonds is 2. The normalized spacial score (nSPS) is 18.2. The fourth-order valence-corrected chi connectivity index (χ4v) is 2.45. The van der Waals surface area contributed by atoms with Crippen LogP contribution < -0.4 is 0 Å². The van der Waals surface area contributed by atoms with Gasteiger partial charge in [0.2, 0.25) is 0 Å². The highest BCUT2D eigenvalue weighted by molar-refractivity contribution is 5.96. The topological polar surface area (TPSA) is 62.7 Å². The van der Waals surface area contributed by atoms with Crippen molar-refractivity contribution >= 4 is 5.91 Å². The first kappa shape index (κ1) is 14.5. The van der Waals surface area contributed by atoms with Crippen LogP contribution in [0.5, 0.6) is 5.75 Å². The van der Waals surface area contributed by atoms with Crippen LogP contribution in [0, 0.1) is 5.82 Å². The Morgan fingerprint density at radius 2 is 2.09 bits per heavy atom. The molecule has 22 heavy (non-hydrogen) atoms. The first-order chi connectivity index (χ1) is 10.6. The molecule has 3 rings (SSSR count). The number of morpholine rings is 1. The molecule has 0 bridgehead atoms. The predicted octanol–water partition coefficient (Wildman–Crippen LogP) is 2.14. The maximum atomic E-state index is 13.0. The van der Waals surface area contributed by atoms with E-state index in [0.717, 1.165) is 5.56 Å². The maximum absolute atomic E-state index is 13.0. The molecule has 1 atom stereocenters. The molecule has 2 heterocycles. The van der Waals surface area contributed by atoms with Gasteiger partial charge in [0.05, 0.1) is 24.9 Å². The monoisotopic (exact) mass is 302 g/mol. The highest BCUT2D eigenvalue weighted by Crippen LogP contribution is 2.25. The van der Waals surface area contributed by atoms with E-state index in [9.17, 15) is 14.3 Å². The third-order valence-corrected chi connectivity index (χ3v) is 3.63. The molecule has 1 amide bonds. The SMILES string of the molecule is O=C(c1ccncc1O)N1CCO[C@@H](c2ccc(F)cc2)C1. The van der Waals surface area contributed by atoms with Gasteiger partial charge >= 0.3 is 0 Å². The number of aromatic hydroxyl groups is 1. The van der Waals surface area contributed by atoms with Crippen LogP contribution in [0.3, 0.4) is 0 Å². The molecular weight excluding hydrogens is 287 g/mol. The Morgan fingerprint density at radius 3 is 2.82 bits per heavy atom. The molecule has 1 aromatic heterocycles. The smallest absolute Gasteiger partial charge is 0.257 e. The lowest BCUT2D eigenvalue weighted by Crippen LogP contribution is -2.42. The van der Waals surface area contributed by atoms with Crippen LogP contribution in [0.2, 0.25) is 0 Å². The Bertz CT molecular complexity index is 675. The number of carbonyl (C=O) groups excluding carboxylic acids is 1. The lowest BCUT2D eigenvalue weighted by atomic mass is 10.1. The molecule has 1 aliphatic heterocycles. The highest BCUT2D eigenvalue weighted by Gasteiger charge is 2.27. The van der Waals surface area contributed by atoms with Crippen molar-refractivity contribution in [1.82, 2.24) is 9.88 Å². The first-order valence-electron chi connectivity index (χ1n) is 6.94. The number of amides is 1. The van der Waals surface area contributed by atoms with E-state index in [0.29, 0.717) is 19.7 Å². The molecule has 0 spiro atoms. The minimum Gasteiger partial charge on any atom is -0.505 e. The molecule has 1 aromatic carbocycles. The van der Waals surface area contributed by atoms with Gasteiger partial charge in [-0.1, -0.05) is 12.1 Å². The number of pyridine rings is 1. The molecule has 6 heteroatoms. The van der Waals surface area contributed by atoms with E-state index in [1.807, 2.05) is 0 Å². The van der Waals surface area contributed by atoms with E-state index in [-0.39, 0.29) is 29.1 Å². The molecule has 1 fully saturated rings. The Morgan fingerprint density at radius 1 is 1.32 bits per heavy atom. The molecule has 114 valence electrons. The number of ether oxygens (including phenoxy) is 1. The first-order valence-corrected chi connectivity index (χ1v) is 6.94. The maximum Gasteiger partial charge on any atom is 0.257 e. The second-order valence-electron chi connectivity index (χ2n) is 5.05. The van der Waals surface area contributed by atoms with Crippen molar-refractivity contribution in [3.05, 3.63) is 59.7 Å². The van der Waals surface area contributed by atoms with Crippen LogP contribution in [-0.2, 0) is 4.74 Å². The largest absolute Gasteiger partial charge is 0.505 e. The Balaban J connectivity index is 1.77. The molecule has 0 unspecified atom stereocenters. The zero-order valence-corrected chi connectivity index (χ0v) is 11.8. The van der Waals surface area contributed by atoms with Crippen molar-refractivity contribution in [2.45, 2.75) is 6.10 Å². The molecule has 2 aromatic rings. The average Bonchev–Trinajstić information content (AvgIpc) is 2.55. The van der Waals surface area contributed by atoms with Gasteiger partial charge in [-0.05, 0) is 23.8 Å². The second kappa shape index (κ2) is 6.11. The molecule has 0 aliphatic carbocycles. The molecule has 1 saturated heterocycles. The number of nitrogens with zero attached hydrogens (tertiary/aromatic N) is 2. The van der Waals surface area contributed by atoms with E-state index < -0.39 is 0 Å². The van der Waals surface area contributed by atoms with Crippen LogP contribution >= 0.6 is 0 Å². The van der Waals surface area contributed by atoms with Gasteiger partial charge in [0, 0.05) is 12.7 Å². The number of benzene rings is 1. The quantitative estimate of drug-likeness (QED) is 0.923. The van der Waals surface area contributed by atoms with Crippen LogP contribution in [0.15, 0.2) is 42.7 Å². The Hall–Kier alpha value is -2.47.